The number of anilines is 1. The molecule has 1 atom stereocenters. The Labute approximate surface area is 111 Å². The molecule has 19 heavy (non-hydrogen) atoms. The maximum absolute atomic E-state index is 11.5. The minimum Gasteiger partial charge on any atom is -0.481 e. The molecule has 0 fully saturated rings. The molecule has 6 heteroatoms. The first kappa shape index (κ1) is 14.9. The molecule has 1 aromatic rings. The van der Waals surface area contributed by atoms with Crippen molar-refractivity contribution in [1.29, 1.82) is 0 Å². The summed E-state index contributed by atoms with van der Waals surface area (Å²) >= 11 is 0. The molecule has 0 heterocycles. The zero-order valence-electron chi connectivity index (χ0n) is 11.2. The first-order valence-corrected chi connectivity index (χ1v) is 5.97. The van der Waals surface area contributed by atoms with Gasteiger partial charge in [0.1, 0.15) is 0 Å². The normalized spacial score (nSPS) is 13.0. The Hall–Kier alpha value is -2.11. The van der Waals surface area contributed by atoms with Crippen molar-refractivity contribution in [3.8, 4) is 0 Å². The molecule has 0 spiro atoms. The molecule has 0 aliphatic carbocycles. The maximum Gasteiger partial charge on any atom is 0.311 e. The van der Waals surface area contributed by atoms with Gasteiger partial charge in [0.2, 0.25) is 0 Å². The van der Waals surface area contributed by atoms with Gasteiger partial charge in [0.05, 0.1) is 10.8 Å². The Kier molecular flexibility index (Phi) is 4.14. The minimum atomic E-state index is -1.03. The van der Waals surface area contributed by atoms with Gasteiger partial charge in [0.15, 0.2) is 0 Å². The molecule has 0 saturated heterocycles. The van der Waals surface area contributed by atoms with Crippen molar-refractivity contribution in [1.82, 2.24) is 0 Å². The summed E-state index contributed by atoms with van der Waals surface area (Å²) in [6, 6.07) is 3.91. The number of non-ortho nitro benzene ring substituents is 1. The number of carboxylic acids is 1. The number of nitrogens with two attached hydrogens (primary N) is 1. The van der Waals surface area contributed by atoms with Gasteiger partial charge < -0.3 is 10.8 Å². The maximum atomic E-state index is 11.5. The van der Waals surface area contributed by atoms with Crippen LogP contribution < -0.4 is 5.73 Å². The second-order valence-corrected chi connectivity index (χ2v) is 5.18. The third kappa shape index (κ3) is 3.01. The SMILES string of the molecule is CCC(C)(C)C(C(=O)O)c1cc([N+](=O)[O-])ccc1N. The molecule has 3 N–H and O–H groups in total. The highest BCUT2D eigenvalue weighted by Crippen LogP contribution is 2.41. The summed E-state index contributed by atoms with van der Waals surface area (Å²) in [5, 5.41) is 20.2. The van der Waals surface area contributed by atoms with Gasteiger partial charge in [-0.25, -0.2) is 0 Å². The number of rotatable bonds is 5. The van der Waals surface area contributed by atoms with Crippen LogP contribution in [0.1, 0.15) is 38.7 Å². The van der Waals surface area contributed by atoms with E-state index < -0.39 is 22.2 Å². The van der Waals surface area contributed by atoms with E-state index in [1.807, 2.05) is 20.8 Å². The zero-order chi connectivity index (χ0) is 14.8. The number of nitrogens with zero attached hydrogens (tertiary/aromatic N) is 1. The van der Waals surface area contributed by atoms with Crippen molar-refractivity contribution in [2.75, 3.05) is 5.73 Å². The topological polar surface area (TPSA) is 106 Å². The van der Waals surface area contributed by atoms with Crippen LogP contribution in [0.4, 0.5) is 11.4 Å². The van der Waals surface area contributed by atoms with Gasteiger partial charge in [0, 0.05) is 17.8 Å². The Bertz CT molecular complexity index is 511. The van der Waals surface area contributed by atoms with Gasteiger partial charge in [-0.05, 0) is 23.5 Å². The van der Waals surface area contributed by atoms with Gasteiger partial charge in [-0.2, -0.15) is 0 Å². The Morgan fingerprint density at radius 3 is 2.53 bits per heavy atom. The second kappa shape index (κ2) is 5.26. The monoisotopic (exact) mass is 266 g/mol. The van der Waals surface area contributed by atoms with Crippen molar-refractivity contribution < 1.29 is 14.8 Å². The second-order valence-electron chi connectivity index (χ2n) is 5.18. The molecular weight excluding hydrogens is 248 g/mol. The predicted octanol–water partition coefficient (Wildman–Crippen LogP) is 2.78. The van der Waals surface area contributed by atoms with Gasteiger partial charge in [-0.3, -0.25) is 14.9 Å². The molecule has 0 aliphatic heterocycles. The fourth-order valence-electron chi connectivity index (χ4n) is 2.02. The smallest absolute Gasteiger partial charge is 0.311 e. The predicted molar refractivity (Wildman–Crippen MR) is 72.0 cm³/mol. The molecule has 0 bridgehead atoms. The highest BCUT2D eigenvalue weighted by atomic mass is 16.6. The van der Waals surface area contributed by atoms with Crippen LogP contribution in [0.5, 0.6) is 0 Å². The summed E-state index contributed by atoms with van der Waals surface area (Å²) in [5.74, 6) is -1.91. The van der Waals surface area contributed by atoms with E-state index in [9.17, 15) is 20.0 Å². The van der Waals surface area contributed by atoms with Crippen LogP contribution >= 0.6 is 0 Å². The van der Waals surface area contributed by atoms with Crippen LogP contribution in [0.3, 0.4) is 0 Å². The van der Waals surface area contributed by atoms with Crippen molar-refractivity contribution in [3.05, 3.63) is 33.9 Å². The molecular formula is C13H18N2O4. The quantitative estimate of drug-likeness (QED) is 0.484. The van der Waals surface area contributed by atoms with Gasteiger partial charge >= 0.3 is 5.97 Å². The van der Waals surface area contributed by atoms with Gasteiger partial charge in [-0.1, -0.05) is 20.8 Å². The van der Waals surface area contributed by atoms with Crippen LogP contribution in [0.2, 0.25) is 0 Å². The van der Waals surface area contributed by atoms with E-state index in [-0.39, 0.29) is 11.4 Å². The van der Waals surface area contributed by atoms with Crippen molar-refractivity contribution in [2.24, 2.45) is 5.41 Å². The Morgan fingerprint density at radius 1 is 1.53 bits per heavy atom. The minimum absolute atomic E-state index is 0.151. The number of hydrogen-bond donors (Lipinski definition) is 2. The zero-order valence-corrected chi connectivity index (χ0v) is 11.2. The molecule has 0 aliphatic rings. The highest BCUT2D eigenvalue weighted by molar-refractivity contribution is 5.80. The van der Waals surface area contributed by atoms with E-state index >= 15 is 0 Å². The number of nitrogen functional groups attached to an aromatic ring is 1. The lowest BCUT2D eigenvalue weighted by Crippen LogP contribution is -2.29. The van der Waals surface area contributed by atoms with E-state index in [2.05, 4.69) is 0 Å². The van der Waals surface area contributed by atoms with Crippen LogP contribution in [-0.2, 0) is 4.79 Å². The van der Waals surface area contributed by atoms with Crippen molar-refractivity contribution in [2.45, 2.75) is 33.1 Å². The lowest BCUT2D eigenvalue weighted by Gasteiger charge is -2.31. The van der Waals surface area contributed by atoms with Crippen LogP contribution in [0.25, 0.3) is 0 Å². The third-order valence-corrected chi connectivity index (χ3v) is 3.53. The highest BCUT2D eigenvalue weighted by Gasteiger charge is 2.37. The van der Waals surface area contributed by atoms with Gasteiger partial charge in [0.25, 0.3) is 5.69 Å². The summed E-state index contributed by atoms with van der Waals surface area (Å²) in [7, 11) is 0. The number of benzene rings is 1. The third-order valence-electron chi connectivity index (χ3n) is 3.53. The molecule has 1 unspecified atom stereocenters. The number of nitro benzene ring substituents is 1. The summed E-state index contributed by atoms with van der Waals surface area (Å²) in [4.78, 5) is 21.8. The molecule has 1 rings (SSSR count). The standard InChI is InChI=1S/C13H18N2O4/c1-4-13(2,3)11(12(16)17)9-7-8(15(18)19)5-6-10(9)14/h5-7,11H,4,14H2,1-3H3,(H,16,17). The van der Waals surface area contributed by atoms with E-state index in [0.717, 1.165) is 0 Å². The summed E-state index contributed by atoms with van der Waals surface area (Å²) in [6.07, 6.45) is 0.617. The number of carbonyl (C=O) groups is 1. The van der Waals surface area contributed by atoms with Crippen LogP contribution in [-0.4, -0.2) is 16.0 Å². The number of carboxylic acid groups (broad SMARTS) is 1. The van der Waals surface area contributed by atoms with E-state index in [1.165, 1.54) is 18.2 Å². The Balaban J connectivity index is 3.42. The lowest BCUT2D eigenvalue weighted by molar-refractivity contribution is -0.384. The largest absolute Gasteiger partial charge is 0.481 e. The van der Waals surface area contributed by atoms with E-state index in [0.29, 0.717) is 12.0 Å². The van der Waals surface area contributed by atoms with Crippen molar-refractivity contribution >= 4 is 17.3 Å². The Morgan fingerprint density at radius 2 is 2.11 bits per heavy atom. The van der Waals surface area contributed by atoms with Crippen molar-refractivity contribution in [3.63, 3.8) is 0 Å². The molecule has 0 radical (unpaired) electrons. The lowest BCUT2D eigenvalue weighted by atomic mass is 9.72. The van der Waals surface area contributed by atoms with Crippen LogP contribution in [0, 0.1) is 15.5 Å². The summed E-state index contributed by atoms with van der Waals surface area (Å²) in [6.45, 7) is 5.50. The summed E-state index contributed by atoms with van der Waals surface area (Å²) < 4.78 is 0. The number of nitro groups is 1. The summed E-state index contributed by atoms with van der Waals surface area (Å²) in [5.41, 5.74) is 5.66. The molecule has 0 amide bonds. The average Bonchev–Trinajstić information content (AvgIpc) is 2.30. The number of aliphatic carboxylic acids is 1. The van der Waals surface area contributed by atoms with Gasteiger partial charge in [-0.15, -0.1) is 0 Å². The molecule has 6 nitrogen and oxygen atoms in total. The molecule has 1 aromatic carbocycles. The first-order chi connectivity index (χ1) is 8.70. The average molecular weight is 266 g/mol. The molecule has 0 saturated carbocycles. The first-order valence-electron chi connectivity index (χ1n) is 5.97. The fourth-order valence-corrected chi connectivity index (χ4v) is 2.02. The van der Waals surface area contributed by atoms with E-state index in [4.69, 9.17) is 5.73 Å². The fraction of sp³-hybridized carbons (Fsp3) is 0.462. The molecule has 104 valence electrons. The van der Waals surface area contributed by atoms with Crippen LogP contribution in [0.15, 0.2) is 18.2 Å². The number of hydrogen-bond acceptors (Lipinski definition) is 4. The molecule has 0 aromatic heterocycles. The van der Waals surface area contributed by atoms with E-state index in [1.54, 1.807) is 0 Å².